The molecular formula is C6H16N2O2. The third-order valence-corrected chi connectivity index (χ3v) is 1.83. The highest BCUT2D eigenvalue weighted by molar-refractivity contribution is 4.81. The smallest absolute Gasteiger partial charge is 0.0703 e. The summed E-state index contributed by atoms with van der Waals surface area (Å²) in [6.45, 7) is 1.51. The normalized spacial score (nSPS) is 17.4. The van der Waals surface area contributed by atoms with E-state index in [2.05, 4.69) is 5.32 Å². The Morgan fingerprint density at radius 3 is 2.00 bits per heavy atom. The minimum Gasteiger partial charge on any atom is -0.396 e. The lowest BCUT2D eigenvalue weighted by Crippen LogP contribution is -2.57. The van der Waals surface area contributed by atoms with Crippen molar-refractivity contribution in [3.8, 4) is 0 Å². The van der Waals surface area contributed by atoms with E-state index in [4.69, 9.17) is 15.9 Å². The molecule has 0 aromatic heterocycles. The molecule has 0 radical (unpaired) electrons. The van der Waals surface area contributed by atoms with E-state index in [1.165, 1.54) is 0 Å². The third kappa shape index (κ3) is 2.22. The first-order chi connectivity index (χ1) is 4.58. The number of rotatable bonds is 4. The van der Waals surface area contributed by atoms with Gasteiger partial charge in [0.15, 0.2) is 0 Å². The van der Waals surface area contributed by atoms with Gasteiger partial charge in [0.1, 0.15) is 0 Å². The summed E-state index contributed by atoms with van der Waals surface area (Å²) in [5.74, 6) is -0.308. The molecule has 0 saturated heterocycles. The first kappa shape index (κ1) is 9.84. The van der Waals surface area contributed by atoms with Gasteiger partial charge in [0.2, 0.25) is 0 Å². The van der Waals surface area contributed by atoms with Gasteiger partial charge in [-0.05, 0) is 14.0 Å². The Labute approximate surface area is 61.0 Å². The van der Waals surface area contributed by atoms with Crippen LogP contribution in [-0.4, -0.2) is 36.1 Å². The molecule has 1 unspecified atom stereocenters. The van der Waals surface area contributed by atoms with Gasteiger partial charge in [-0.3, -0.25) is 0 Å². The molecule has 0 rings (SSSR count). The van der Waals surface area contributed by atoms with Crippen molar-refractivity contribution < 1.29 is 10.2 Å². The number of nitrogens with one attached hydrogen (secondary N) is 1. The lowest BCUT2D eigenvalue weighted by Gasteiger charge is -2.31. The fourth-order valence-electron chi connectivity index (χ4n) is 0.641. The maximum Gasteiger partial charge on any atom is 0.0703 e. The van der Waals surface area contributed by atoms with Crippen LogP contribution in [0.1, 0.15) is 6.92 Å². The molecule has 10 heavy (non-hydrogen) atoms. The minimum absolute atomic E-state index is 0.107. The highest BCUT2D eigenvalue weighted by Crippen LogP contribution is 2.08. The van der Waals surface area contributed by atoms with Crippen molar-refractivity contribution in [2.45, 2.75) is 12.6 Å². The molecular weight excluding hydrogens is 132 g/mol. The average molecular weight is 148 g/mol. The van der Waals surface area contributed by atoms with Crippen LogP contribution >= 0.6 is 0 Å². The molecule has 4 nitrogen and oxygen atoms in total. The highest BCUT2D eigenvalue weighted by atomic mass is 16.3. The quantitative estimate of drug-likeness (QED) is 0.365. The second-order valence-corrected chi connectivity index (χ2v) is 2.59. The Kier molecular flexibility index (Phi) is 3.81. The largest absolute Gasteiger partial charge is 0.396 e. The molecule has 0 aliphatic heterocycles. The summed E-state index contributed by atoms with van der Waals surface area (Å²) in [6, 6.07) is 0. The fourth-order valence-corrected chi connectivity index (χ4v) is 0.641. The molecule has 1 atom stereocenters. The van der Waals surface area contributed by atoms with Gasteiger partial charge in [-0.1, -0.05) is 0 Å². The van der Waals surface area contributed by atoms with Crippen molar-refractivity contribution in [1.29, 1.82) is 0 Å². The maximum absolute atomic E-state index is 8.71. The Balaban J connectivity index is 3.97. The lowest BCUT2D eigenvalue weighted by atomic mass is 9.97. The van der Waals surface area contributed by atoms with Crippen molar-refractivity contribution in [1.82, 2.24) is 5.32 Å². The molecule has 0 bridgehead atoms. The van der Waals surface area contributed by atoms with E-state index >= 15 is 0 Å². The van der Waals surface area contributed by atoms with E-state index in [1.54, 1.807) is 14.0 Å². The number of hydrogen-bond acceptors (Lipinski definition) is 4. The summed E-state index contributed by atoms with van der Waals surface area (Å²) in [5.41, 5.74) is 4.96. The van der Waals surface area contributed by atoms with Gasteiger partial charge in [0.05, 0.1) is 18.9 Å². The van der Waals surface area contributed by atoms with Crippen LogP contribution in [0.4, 0.5) is 0 Å². The molecule has 62 valence electrons. The van der Waals surface area contributed by atoms with Crippen molar-refractivity contribution in [2.24, 2.45) is 11.7 Å². The van der Waals surface area contributed by atoms with Gasteiger partial charge in [-0.2, -0.15) is 0 Å². The van der Waals surface area contributed by atoms with E-state index in [0.29, 0.717) is 0 Å². The predicted octanol–water partition coefficient (Wildman–Crippen LogP) is -1.52. The molecule has 0 aliphatic rings. The van der Waals surface area contributed by atoms with Gasteiger partial charge in [0, 0.05) is 5.92 Å². The SMILES string of the molecule is CNC(C)(N)C(CO)CO. The van der Waals surface area contributed by atoms with Crippen LogP contribution in [0.3, 0.4) is 0 Å². The second-order valence-electron chi connectivity index (χ2n) is 2.59. The van der Waals surface area contributed by atoms with Crippen LogP contribution in [0.15, 0.2) is 0 Å². The first-order valence-electron chi connectivity index (χ1n) is 3.28. The Hall–Kier alpha value is -0.160. The van der Waals surface area contributed by atoms with Gasteiger partial charge in [0.25, 0.3) is 0 Å². The van der Waals surface area contributed by atoms with E-state index in [-0.39, 0.29) is 19.1 Å². The van der Waals surface area contributed by atoms with Crippen LogP contribution in [0, 0.1) is 5.92 Å². The number of hydrogen-bond donors (Lipinski definition) is 4. The molecule has 0 saturated carbocycles. The first-order valence-corrected chi connectivity index (χ1v) is 3.28. The molecule has 0 amide bonds. The molecule has 4 heteroatoms. The van der Waals surface area contributed by atoms with Gasteiger partial charge >= 0.3 is 0 Å². The molecule has 0 aromatic rings. The summed E-state index contributed by atoms with van der Waals surface area (Å²) >= 11 is 0. The monoisotopic (exact) mass is 148 g/mol. The zero-order chi connectivity index (χ0) is 8.20. The molecule has 5 N–H and O–H groups in total. The highest BCUT2D eigenvalue weighted by Gasteiger charge is 2.26. The van der Waals surface area contributed by atoms with Crippen molar-refractivity contribution >= 4 is 0 Å². The van der Waals surface area contributed by atoms with Crippen LogP contribution in [0.5, 0.6) is 0 Å². The maximum atomic E-state index is 8.71. The zero-order valence-corrected chi connectivity index (χ0v) is 6.46. The van der Waals surface area contributed by atoms with Gasteiger partial charge in [-0.15, -0.1) is 0 Å². The van der Waals surface area contributed by atoms with Crippen molar-refractivity contribution in [3.05, 3.63) is 0 Å². The third-order valence-electron chi connectivity index (χ3n) is 1.83. The molecule has 0 fully saturated rings. The average Bonchev–Trinajstić information content (AvgIpc) is 1.90. The van der Waals surface area contributed by atoms with Crippen LogP contribution in [-0.2, 0) is 0 Å². The lowest BCUT2D eigenvalue weighted by molar-refractivity contribution is 0.0838. The molecule has 0 aromatic carbocycles. The van der Waals surface area contributed by atoms with Crippen LogP contribution < -0.4 is 11.1 Å². The standard InChI is InChI=1S/C6H16N2O2/c1-6(7,8-2)5(3-9)4-10/h5,8-10H,3-4,7H2,1-2H3. The summed E-state index contributed by atoms with van der Waals surface area (Å²) in [4.78, 5) is 0. The van der Waals surface area contributed by atoms with E-state index in [0.717, 1.165) is 0 Å². The molecule has 0 aliphatic carbocycles. The van der Waals surface area contributed by atoms with Gasteiger partial charge < -0.3 is 21.3 Å². The Morgan fingerprint density at radius 1 is 1.50 bits per heavy atom. The number of nitrogens with two attached hydrogens (primary N) is 1. The predicted molar refractivity (Wildman–Crippen MR) is 39.3 cm³/mol. The molecule has 0 spiro atoms. The Morgan fingerprint density at radius 2 is 1.90 bits per heavy atom. The zero-order valence-electron chi connectivity index (χ0n) is 6.46. The number of aliphatic hydroxyl groups is 2. The minimum atomic E-state index is -0.691. The van der Waals surface area contributed by atoms with Crippen molar-refractivity contribution in [2.75, 3.05) is 20.3 Å². The van der Waals surface area contributed by atoms with Gasteiger partial charge in [-0.25, -0.2) is 0 Å². The molecule has 0 heterocycles. The fraction of sp³-hybridized carbons (Fsp3) is 1.00. The number of aliphatic hydroxyl groups excluding tert-OH is 2. The summed E-state index contributed by atoms with van der Waals surface area (Å²) in [7, 11) is 1.69. The summed E-state index contributed by atoms with van der Waals surface area (Å²) in [5, 5.41) is 20.2. The van der Waals surface area contributed by atoms with Crippen LogP contribution in [0.25, 0.3) is 0 Å². The summed E-state index contributed by atoms with van der Waals surface area (Å²) in [6.07, 6.45) is 0. The van der Waals surface area contributed by atoms with E-state index in [1.807, 2.05) is 0 Å². The Bertz CT molecular complexity index is 91.7. The van der Waals surface area contributed by atoms with Crippen LogP contribution in [0.2, 0.25) is 0 Å². The van der Waals surface area contributed by atoms with E-state index in [9.17, 15) is 0 Å². The topological polar surface area (TPSA) is 78.5 Å². The second kappa shape index (κ2) is 3.88. The summed E-state index contributed by atoms with van der Waals surface area (Å²) < 4.78 is 0. The van der Waals surface area contributed by atoms with Crippen molar-refractivity contribution in [3.63, 3.8) is 0 Å². The van der Waals surface area contributed by atoms with E-state index < -0.39 is 5.66 Å².